The Morgan fingerprint density at radius 1 is 1.10 bits per heavy atom. The summed E-state index contributed by atoms with van der Waals surface area (Å²) in [6.45, 7) is 8.25. The number of hydrogen-bond donors (Lipinski definition) is 2. The van der Waals surface area contributed by atoms with Crippen molar-refractivity contribution in [2.75, 3.05) is 11.1 Å². The number of carbonyl (C=O) groups is 1. The van der Waals surface area contributed by atoms with E-state index in [0.29, 0.717) is 17.4 Å². The van der Waals surface area contributed by atoms with E-state index in [1.54, 1.807) is 12.3 Å². The molecule has 5 heteroatoms. The zero-order valence-corrected chi connectivity index (χ0v) is 18.1. The molecule has 0 spiro atoms. The van der Waals surface area contributed by atoms with E-state index in [2.05, 4.69) is 41.3 Å². The molecule has 156 valence electrons. The molecule has 3 rings (SSSR count). The third-order valence-corrected chi connectivity index (χ3v) is 4.65. The van der Waals surface area contributed by atoms with E-state index < -0.39 is 0 Å². The van der Waals surface area contributed by atoms with Crippen LogP contribution in [0.1, 0.15) is 47.4 Å². The minimum Gasteiger partial charge on any atom is -0.368 e. The predicted molar refractivity (Wildman–Crippen MR) is 125 cm³/mol. The lowest BCUT2D eigenvalue weighted by molar-refractivity contribution is 0.102. The van der Waals surface area contributed by atoms with Crippen LogP contribution < -0.4 is 11.1 Å². The molecule has 0 aliphatic heterocycles. The fourth-order valence-electron chi connectivity index (χ4n) is 2.68. The molecule has 1 atom stereocenters. The van der Waals surface area contributed by atoms with Gasteiger partial charge in [0.2, 0.25) is 5.95 Å². The van der Waals surface area contributed by atoms with Crippen molar-refractivity contribution in [1.29, 1.82) is 0 Å². The minimum absolute atomic E-state index is 0.0706. The second kappa shape index (κ2) is 11.5. The van der Waals surface area contributed by atoms with Gasteiger partial charge in [-0.15, -0.1) is 0 Å². The van der Waals surface area contributed by atoms with Crippen LogP contribution in [-0.2, 0) is 0 Å². The minimum atomic E-state index is -0.0706. The van der Waals surface area contributed by atoms with Crippen LogP contribution in [-0.4, -0.2) is 15.9 Å². The molecular formula is C25H30N4O. The van der Waals surface area contributed by atoms with Crippen LogP contribution >= 0.6 is 0 Å². The molecule has 5 nitrogen and oxygen atoms in total. The van der Waals surface area contributed by atoms with Crippen LogP contribution in [0.15, 0.2) is 66.9 Å². The van der Waals surface area contributed by atoms with Crippen LogP contribution in [0.2, 0.25) is 0 Å². The van der Waals surface area contributed by atoms with Crippen molar-refractivity contribution in [1.82, 2.24) is 9.97 Å². The number of carbonyl (C=O) groups excluding carboxylic acids is 1. The Morgan fingerprint density at radius 3 is 2.43 bits per heavy atom. The van der Waals surface area contributed by atoms with Crippen molar-refractivity contribution in [2.24, 2.45) is 5.92 Å². The summed E-state index contributed by atoms with van der Waals surface area (Å²) in [7, 11) is 0. The van der Waals surface area contributed by atoms with Crippen LogP contribution in [0.5, 0.6) is 0 Å². The SMILES string of the molecule is CCC(C)/C=C\c1c(C)cccc1C(=O)Nc1ccccc1.Cc1ccnc(N)n1. The number of aryl methyl sites for hydroxylation is 2. The highest BCUT2D eigenvalue weighted by molar-refractivity contribution is 6.06. The van der Waals surface area contributed by atoms with Gasteiger partial charge < -0.3 is 11.1 Å². The third-order valence-electron chi connectivity index (χ3n) is 4.65. The maximum Gasteiger partial charge on any atom is 0.256 e. The van der Waals surface area contributed by atoms with Crippen molar-refractivity contribution in [3.63, 3.8) is 0 Å². The number of nitrogen functional groups attached to an aromatic ring is 1. The lowest BCUT2D eigenvalue weighted by atomic mass is 9.98. The molecule has 1 aromatic heterocycles. The average Bonchev–Trinajstić information content (AvgIpc) is 2.73. The zero-order valence-electron chi connectivity index (χ0n) is 18.1. The van der Waals surface area contributed by atoms with Gasteiger partial charge in [0, 0.05) is 23.1 Å². The number of allylic oxidation sites excluding steroid dienone is 1. The molecular weight excluding hydrogens is 372 g/mol. The topological polar surface area (TPSA) is 80.9 Å². The van der Waals surface area contributed by atoms with Gasteiger partial charge in [-0.05, 0) is 55.2 Å². The molecule has 0 aliphatic rings. The largest absolute Gasteiger partial charge is 0.368 e. The van der Waals surface area contributed by atoms with Crippen molar-refractivity contribution in [2.45, 2.75) is 34.1 Å². The van der Waals surface area contributed by atoms with Gasteiger partial charge in [-0.1, -0.05) is 62.8 Å². The van der Waals surface area contributed by atoms with Crippen LogP contribution in [0, 0.1) is 19.8 Å². The van der Waals surface area contributed by atoms with Gasteiger partial charge in [0.25, 0.3) is 5.91 Å². The molecule has 2 aromatic carbocycles. The van der Waals surface area contributed by atoms with Crippen LogP contribution in [0.3, 0.4) is 0 Å². The van der Waals surface area contributed by atoms with Gasteiger partial charge in [-0.3, -0.25) is 4.79 Å². The molecule has 1 amide bonds. The number of nitrogens with two attached hydrogens (primary N) is 1. The molecule has 0 saturated heterocycles. The van der Waals surface area contributed by atoms with E-state index in [4.69, 9.17) is 5.73 Å². The molecule has 3 aromatic rings. The highest BCUT2D eigenvalue weighted by atomic mass is 16.1. The van der Waals surface area contributed by atoms with Gasteiger partial charge >= 0.3 is 0 Å². The first-order valence-electron chi connectivity index (χ1n) is 10.1. The number of hydrogen-bond acceptors (Lipinski definition) is 4. The second-order valence-electron chi connectivity index (χ2n) is 7.16. The summed E-state index contributed by atoms with van der Waals surface area (Å²) in [4.78, 5) is 20.1. The van der Waals surface area contributed by atoms with E-state index in [0.717, 1.165) is 28.9 Å². The molecule has 0 aliphatic carbocycles. The van der Waals surface area contributed by atoms with Crippen molar-refractivity contribution >= 4 is 23.6 Å². The Balaban J connectivity index is 0.000000335. The number of aromatic nitrogens is 2. The van der Waals surface area contributed by atoms with E-state index in [1.165, 1.54) is 0 Å². The summed E-state index contributed by atoms with van der Waals surface area (Å²) in [6, 6.07) is 17.2. The lowest BCUT2D eigenvalue weighted by Crippen LogP contribution is -2.13. The van der Waals surface area contributed by atoms with Crippen LogP contribution in [0.4, 0.5) is 11.6 Å². The normalized spacial score (nSPS) is 11.5. The molecule has 30 heavy (non-hydrogen) atoms. The fourth-order valence-corrected chi connectivity index (χ4v) is 2.68. The Hall–Kier alpha value is -3.47. The van der Waals surface area contributed by atoms with Gasteiger partial charge in [0.05, 0.1) is 0 Å². The van der Waals surface area contributed by atoms with E-state index in [-0.39, 0.29) is 5.91 Å². The summed E-state index contributed by atoms with van der Waals surface area (Å²) in [5.41, 5.74) is 9.77. The van der Waals surface area contributed by atoms with E-state index in [9.17, 15) is 4.79 Å². The maximum atomic E-state index is 12.6. The number of nitrogens with zero attached hydrogens (tertiary/aromatic N) is 2. The first-order chi connectivity index (χ1) is 14.4. The van der Waals surface area contributed by atoms with E-state index >= 15 is 0 Å². The molecule has 1 heterocycles. The number of para-hydroxylation sites is 1. The Bertz CT molecular complexity index is 966. The maximum absolute atomic E-state index is 12.6. The molecule has 0 fully saturated rings. The Kier molecular flexibility index (Phi) is 8.75. The van der Waals surface area contributed by atoms with Gasteiger partial charge in [-0.25, -0.2) is 9.97 Å². The van der Waals surface area contributed by atoms with Crippen molar-refractivity contribution in [3.8, 4) is 0 Å². The van der Waals surface area contributed by atoms with Gasteiger partial charge in [0.15, 0.2) is 0 Å². The summed E-state index contributed by atoms with van der Waals surface area (Å²) in [6.07, 6.45) is 6.97. The average molecular weight is 403 g/mol. The summed E-state index contributed by atoms with van der Waals surface area (Å²) in [5, 5.41) is 2.95. The smallest absolute Gasteiger partial charge is 0.256 e. The Morgan fingerprint density at radius 2 is 1.83 bits per heavy atom. The number of nitrogens with one attached hydrogen (secondary N) is 1. The number of benzene rings is 2. The number of anilines is 2. The molecule has 3 N–H and O–H groups in total. The number of amides is 1. The van der Waals surface area contributed by atoms with Crippen molar-refractivity contribution in [3.05, 3.63) is 89.3 Å². The summed E-state index contributed by atoms with van der Waals surface area (Å²) >= 11 is 0. The highest BCUT2D eigenvalue weighted by Crippen LogP contribution is 2.19. The van der Waals surface area contributed by atoms with Crippen LogP contribution in [0.25, 0.3) is 6.08 Å². The monoisotopic (exact) mass is 402 g/mol. The van der Waals surface area contributed by atoms with E-state index in [1.807, 2.05) is 62.4 Å². The molecule has 0 radical (unpaired) electrons. The first-order valence-corrected chi connectivity index (χ1v) is 10.1. The fraction of sp³-hybridized carbons (Fsp3) is 0.240. The van der Waals surface area contributed by atoms with Gasteiger partial charge in [0.1, 0.15) is 0 Å². The predicted octanol–water partition coefficient (Wildman–Crippen LogP) is 5.67. The molecule has 0 saturated carbocycles. The Labute approximate surface area is 179 Å². The highest BCUT2D eigenvalue weighted by Gasteiger charge is 2.11. The quantitative estimate of drug-likeness (QED) is 0.576. The van der Waals surface area contributed by atoms with Crippen molar-refractivity contribution < 1.29 is 4.79 Å². The standard InChI is InChI=1S/C20H23NO.C5H7N3/c1-4-15(2)13-14-18-16(3)9-8-12-19(18)20(22)21-17-10-6-5-7-11-17;1-4-2-3-7-5(6)8-4/h5-15H,4H2,1-3H3,(H,21,22);2-3H,1H3,(H2,6,7,8)/b14-13-;. The number of rotatable bonds is 5. The van der Waals surface area contributed by atoms with Gasteiger partial charge in [-0.2, -0.15) is 0 Å². The molecule has 1 unspecified atom stereocenters. The second-order valence-corrected chi connectivity index (χ2v) is 7.16. The summed E-state index contributed by atoms with van der Waals surface area (Å²) in [5.74, 6) is 0.772. The third kappa shape index (κ3) is 7.17. The molecule has 0 bridgehead atoms. The summed E-state index contributed by atoms with van der Waals surface area (Å²) < 4.78 is 0. The zero-order chi connectivity index (χ0) is 21.9. The first kappa shape index (κ1) is 22.8. The lowest BCUT2D eigenvalue weighted by Gasteiger charge is -2.11.